The lowest BCUT2D eigenvalue weighted by molar-refractivity contribution is -0.255. The van der Waals surface area contributed by atoms with Crippen LogP contribution in [0.4, 0.5) is 0 Å². The van der Waals surface area contributed by atoms with Gasteiger partial charge in [-0.25, -0.2) is 0 Å². The van der Waals surface area contributed by atoms with E-state index in [0.717, 1.165) is 13.8 Å². The summed E-state index contributed by atoms with van der Waals surface area (Å²) in [5, 5.41) is 3.27. The van der Waals surface area contributed by atoms with Gasteiger partial charge in [0.05, 0.1) is 13.2 Å². The van der Waals surface area contributed by atoms with E-state index >= 15 is 0 Å². The van der Waals surface area contributed by atoms with Gasteiger partial charge < -0.3 is 38.6 Å². The summed E-state index contributed by atoms with van der Waals surface area (Å²) in [7, 11) is 0. The Morgan fingerprint density at radius 2 is 1.41 bits per heavy atom. The first-order valence-electron chi connectivity index (χ1n) is 10.0. The number of ether oxygens (including phenoxy) is 6. The normalized spacial score (nSPS) is 27.6. The van der Waals surface area contributed by atoms with Gasteiger partial charge in [0.25, 0.3) is 0 Å². The molecule has 2 fully saturated rings. The Labute approximate surface area is 190 Å². The Kier molecular flexibility index (Phi) is 9.60. The number of nitrogens with zero attached hydrogens (tertiary/aromatic N) is 1. The third-order valence-electron chi connectivity index (χ3n) is 4.55. The van der Waals surface area contributed by atoms with Gasteiger partial charge >= 0.3 is 23.9 Å². The molecule has 180 valence electrons. The van der Waals surface area contributed by atoms with Crippen LogP contribution in [0.3, 0.4) is 0 Å². The SMILES string of the molecule is CC(=O)OC[C@@H]1O[C@H](NC(=S)N2CCOCC2)[C@H](OC(C)=O)[C@H](OC(C)=O)[C@@H]1OC(C)=O. The average molecular weight is 477 g/mol. The van der Waals surface area contributed by atoms with Crippen molar-refractivity contribution in [1.29, 1.82) is 0 Å². The average Bonchev–Trinajstić information content (AvgIpc) is 2.70. The molecule has 2 heterocycles. The molecule has 32 heavy (non-hydrogen) atoms. The Hall–Kier alpha value is -2.51. The maximum Gasteiger partial charge on any atom is 0.303 e. The summed E-state index contributed by atoms with van der Waals surface area (Å²) in [5.74, 6) is -2.66. The monoisotopic (exact) mass is 476 g/mol. The van der Waals surface area contributed by atoms with Gasteiger partial charge in [-0.15, -0.1) is 0 Å². The van der Waals surface area contributed by atoms with Gasteiger partial charge in [-0.2, -0.15) is 0 Å². The molecular formula is C19H28N2O10S. The molecule has 0 saturated carbocycles. The standard InChI is InChI=1S/C19H28N2O10S/c1-10(22)27-9-14-15(28-11(2)23)16(29-12(3)24)17(30-13(4)25)18(31-14)20-19(32)21-5-7-26-8-6-21/h14-18H,5-9H2,1-4H3,(H,20,32)/t14-,15+,16+,17+,18-/m0/s1. The molecule has 2 aliphatic heterocycles. The molecule has 0 unspecified atom stereocenters. The van der Waals surface area contributed by atoms with Crippen molar-refractivity contribution in [2.24, 2.45) is 0 Å². The van der Waals surface area contributed by atoms with Crippen LogP contribution in [0.1, 0.15) is 27.7 Å². The Balaban J connectivity index is 2.35. The van der Waals surface area contributed by atoms with Crippen LogP contribution in [-0.4, -0.2) is 97.4 Å². The molecule has 0 radical (unpaired) electrons. The lowest BCUT2D eigenvalue weighted by Gasteiger charge is -2.45. The molecule has 2 saturated heterocycles. The van der Waals surface area contributed by atoms with Crippen molar-refractivity contribution < 1.29 is 47.6 Å². The highest BCUT2D eigenvalue weighted by molar-refractivity contribution is 7.80. The zero-order valence-corrected chi connectivity index (χ0v) is 19.2. The highest BCUT2D eigenvalue weighted by Crippen LogP contribution is 2.28. The second-order valence-corrected chi connectivity index (χ2v) is 7.56. The lowest BCUT2D eigenvalue weighted by Crippen LogP contribution is -2.67. The van der Waals surface area contributed by atoms with Crippen LogP contribution in [-0.2, 0) is 47.6 Å². The second kappa shape index (κ2) is 11.9. The molecule has 1 N–H and O–H groups in total. The van der Waals surface area contributed by atoms with Gasteiger partial charge in [-0.1, -0.05) is 0 Å². The third kappa shape index (κ3) is 7.57. The zero-order chi connectivity index (χ0) is 23.8. The molecule has 2 aliphatic rings. The van der Waals surface area contributed by atoms with Crippen molar-refractivity contribution in [2.75, 3.05) is 32.9 Å². The second-order valence-electron chi connectivity index (χ2n) is 7.17. The van der Waals surface area contributed by atoms with Crippen LogP contribution in [0, 0.1) is 0 Å². The topological polar surface area (TPSA) is 139 Å². The number of thiocarbonyl (C=S) groups is 1. The van der Waals surface area contributed by atoms with Gasteiger partial charge in [0.1, 0.15) is 12.7 Å². The molecule has 12 nitrogen and oxygen atoms in total. The predicted molar refractivity (Wildman–Crippen MR) is 110 cm³/mol. The highest BCUT2D eigenvalue weighted by Gasteiger charge is 2.52. The van der Waals surface area contributed by atoms with Crippen molar-refractivity contribution in [2.45, 2.75) is 58.3 Å². The number of carbonyl (C=O) groups is 4. The van der Waals surface area contributed by atoms with Gasteiger partial charge in [0.2, 0.25) is 0 Å². The van der Waals surface area contributed by atoms with Gasteiger partial charge in [-0.3, -0.25) is 19.2 Å². The fourth-order valence-corrected chi connectivity index (χ4v) is 3.62. The molecule has 0 aromatic carbocycles. The molecule has 13 heteroatoms. The first-order chi connectivity index (χ1) is 15.1. The Morgan fingerprint density at radius 1 is 0.875 bits per heavy atom. The summed E-state index contributed by atoms with van der Waals surface area (Å²) in [4.78, 5) is 48.6. The van der Waals surface area contributed by atoms with E-state index in [4.69, 9.17) is 40.6 Å². The maximum absolute atomic E-state index is 11.8. The quantitative estimate of drug-likeness (QED) is 0.293. The first-order valence-corrected chi connectivity index (χ1v) is 10.4. The Bertz CT molecular complexity index is 727. The van der Waals surface area contributed by atoms with Gasteiger partial charge in [0, 0.05) is 40.8 Å². The highest BCUT2D eigenvalue weighted by atomic mass is 32.1. The van der Waals surface area contributed by atoms with Crippen LogP contribution in [0.2, 0.25) is 0 Å². The van der Waals surface area contributed by atoms with Crippen LogP contribution < -0.4 is 5.32 Å². The van der Waals surface area contributed by atoms with Crippen LogP contribution in [0.15, 0.2) is 0 Å². The summed E-state index contributed by atoms with van der Waals surface area (Å²) in [6.45, 7) is 6.45. The van der Waals surface area contributed by atoms with E-state index in [1.165, 1.54) is 13.8 Å². The third-order valence-corrected chi connectivity index (χ3v) is 4.93. The molecule has 0 amide bonds. The van der Waals surface area contributed by atoms with Crippen molar-refractivity contribution in [3.8, 4) is 0 Å². The number of rotatable bonds is 6. The van der Waals surface area contributed by atoms with E-state index in [9.17, 15) is 19.2 Å². The molecule has 5 atom stereocenters. The van der Waals surface area contributed by atoms with E-state index in [-0.39, 0.29) is 6.61 Å². The first kappa shape index (κ1) is 25.7. The van der Waals surface area contributed by atoms with E-state index in [1.807, 2.05) is 4.90 Å². The lowest BCUT2D eigenvalue weighted by atomic mass is 9.97. The predicted octanol–water partition coefficient (Wildman–Crippen LogP) is -0.724. The molecule has 0 bridgehead atoms. The summed E-state index contributed by atoms with van der Waals surface area (Å²) < 4.78 is 32.4. The smallest absolute Gasteiger partial charge is 0.303 e. The van der Waals surface area contributed by atoms with Crippen molar-refractivity contribution in [1.82, 2.24) is 10.2 Å². The van der Waals surface area contributed by atoms with Crippen molar-refractivity contribution in [3.05, 3.63) is 0 Å². The molecule has 0 aromatic heterocycles. The van der Waals surface area contributed by atoms with Gasteiger partial charge in [0.15, 0.2) is 29.7 Å². The number of hydrogen-bond acceptors (Lipinski definition) is 11. The number of morpholine rings is 1. The molecule has 2 rings (SSSR count). The van der Waals surface area contributed by atoms with Crippen LogP contribution in [0.5, 0.6) is 0 Å². The van der Waals surface area contributed by atoms with Crippen LogP contribution in [0.25, 0.3) is 0 Å². The minimum absolute atomic E-state index is 0.300. The van der Waals surface area contributed by atoms with Crippen LogP contribution >= 0.6 is 12.2 Å². The summed E-state index contributed by atoms with van der Waals surface area (Å²) in [6.07, 6.45) is -5.81. The number of hydrogen-bond donors (Lipinski definition) is 1. The summed E-state index contributed by atoms with van der Waals surface area (Å²) >= 11 is 5.45. The molecule has 0 spiro atoms. The van der Waals surface area contributed by atoms with Crippen molar-refractivity contribution in [3.63, 3.8) is 0 Å². The van der Waals surface area contributed by atoms with E-state index in [2.05, 4.69) is 5.32 Å². The van der Waals surface area contributed by atoms with E-state index in [1.54, 1.807) is 0 Å². The maximum atomic E-state index is 11.8. The van der Waals surface area contributed by atoms with Crippen molar-refractivity contribution >= 4 is 41.2 Å². The van der Waals surface area contributed by atoms with E-state index < -0.39 is 54.5 Å². The number of esters is 4. The molecular weight excluding hydrogens is 448 g/mol. The number of nitrogens with one attached hydrogen (secondary N) is 1. The zero-order valence-electron chi connectivity index (χ0n) is 18.4. The molecule has 0 aliphatic carbocycles. The fraction of sp³-hybridized carbons (Fsp3) is 0.737. The van der Waals surface area contributed by atoms with Gasteiger partial charge in [-0.05, 0) is 12.2 Å². The summed E-state index contributed by atoms with van der Waals surface area (Å²) in [5.41, 5.74) is 0. The summed E-state index contributed by atoms with van der Waals surface area (Å²) in [6, 6.07) is 0. The molecule has 0 aromatic rings. The van der Waals surface area contributed by atoms with E-state index in [0.29, 0.717) is 31.4 Å². The minimum Gasteiger partial charge on any atom is -0.463 e. The largest absolute Gasteiger partial charge is 0.463 e. The fourth-order valence-electron chi connectivity index (χ4n) is 3.32. The minimum atomic E-state index is -1.25. The number of carbonyl (C=O) groups excluding carboxylic acids is 4. The Morgan fingerprint density at radius 3 is 1.94 bits per heavy atom.